The first-order chi connectivity index (χ1) is 12.9. The summed E-state index contributed by atoms with van der Waals surface area (Å²) in [5, 5.41) is 14.6. The zero-order valence-corrected chi connectivity index (χ0v) is 15.2. The van der Waals surface area contributed by atoms with Crippen LogP contribution in [0.3, 0.4) is 0 Å². The number of rotatable bonds is 5. The van der Waals surface area contributed by atoms with Crippen molar-refractivity contribution in [1.29, 1.82) is 0 Å². The summed E-state index contributed by atoms with van der Waals surface area (Å²) in [5.41, 5.74) is 2.26. The molecule has 8 nitrogen and oxygen atoms in total. The molecule has 0 saturated carbocycles. The molecule has 0 bridgehead atoms. The van der Waals surface area contributed by atoms with E-state index in [1.165, 1.54) is 6.07 Å². The maximum absolute atomic E-state index is 12.4. The normalized spacial score (nSPS) is 12.6. The second-order valence-corrected chi connectivity index (χ2v) is 6.14. The number of carboxylic acids is 1. The van der Waals surface area contributed by atoms with E-state index in [2.05, 4.69) is 10.6 Å². The van der Waals surface area contributed by atoms with E-state index in [4.69, 9.17) is 4.42 Å². The van der Waals surface area contributed by atoms with E-state index in [-0.39, 0.29) is 23.1 Å². The van der Waals surface area contributed by atoms with E-state index in [1.807, 2.05) is 13.0 Å². The number of nitrogens with zero attached hydrogens (tertiary/aromatic N) is 1. The van der Waals surface area contributed by atoms with Crippen LogP contribution in [0, 0.1) is 0 Å². The molecule has 0 fully saturated rings. The van der Waals surface area contributed by atoms with Crippen LogP contribution in [0.1, 0.15) is 46.1 Å². The highest BCUT2D eigenvalue weighted by atomic mass is 16.4. The van der Waals surface area contributed by atoms with Crippen molar-refractivity contribution in [3.8, 4) is 0 Å². The van der Waals surface area contributed by atoms with Crippen molar-refractivity contribution in [3.63, 3.8) is 0 Å². The Bertz CT molecular complexity index is 903. The van der Waals surface area contributed by atoms with Gasteiger partial charge in [-0.2, -0.15) is 0 Å². The highest BCUT2D eigenvalue weighted by Gasteiger charge is 2.25. The zero-order valence-electron chi connectivity index (χ0n) is 15.2. The van der Waals surface area contributed by atoms with Gasteiger partial charge in [-0.15, -0.1) is 0 Å². The van der Waals surface area contributed by atoms with Crippen LogP contribution in [-0.4, -0.2) is 36.1 Å². The van der Waals surface area contributed by atoms with Crippen LogP contribution in [0.5, 0.6) is 0 Å². The fourth-order valence-electron chi connectivity index (χ4n) is 3.09. The molecule has 27 heavy (non-hydrogen) atoms. The summed E-state index contributed by atoms with van der Waals surface area (Å²) in [6.45, 7) is 4.72. The molecular formula is C19H21N3O5. The van der Waals surface area contributed by atoms with Gasteiger partial charge in [-0.25, -0.2) is 9.59 Å². The first kappa shape index (κ1) is 18.5. The molecule has 0 spiro atoms. The smallest absolute Gasteiger partial charge is 0.339 e. The van der Waals surface area contributed by atoms with Crippen LogP contribution in [0.15, 0.2) is 28.7 Å². The number of aryl methyl sites for hydroxylation is 1. The molecule has 1 aromatic heterocycles. The largest absolute Gasteiger partial charge is 0.478 e. The van der Waals surface area contributed by atoms with E-state index in [9.17, 15) is 19.5 Å². The lowest BCUT2D eigenvalue weighted by Gasteiger charge is -2.18. The quantitative estimate of drug-likeness (QED) is 0.748. The van der Waals surface area contributed by atoms with Gasteiger partial charge >= 0.3 is 12.0 Å². The lowest BCUT2D eigenvalue weighted by Crippen LogP contribution is -2.38. The summed E-state index contributed by atoms with van der Waals surface area (Å²) in [4.78, 5) is 37.5. The Hall–Kier alpha value is -3.29. The Morgan fingerprint density at radius 3 is 2.63 bits per heavy atom. The summed E-state index contributed by atoms with van der Waals surface area (Å²) < 4.78 is 5.38. The number of benzene rings is 1. The Balaban J connectivity index is 1.81. The summed E-state index contributed by atoms with van der Waals surface area (Å²) in [5.74, 6) is -1.49. The van der Waals surface area contributed by atoms with Gasteiger partial charge < -0.3 is 20.2 Å². The molecule has 2 heterocycles. The average Bonchev–Trinajstić information content (AvgIpc) is 3.26. The molecular weight excluding hydrogens is 350 g/mol. The van der Waals surface area contributed by atoms with Gasteiger partial charge in [0.25, 0.3) is 5.91 Å². The molecule has 0 atom stereocenters. The zero-order chi connectivity index (χ0) is 19.6. The second-order valence-electron chi connectivity index (χ2n) is 6.14. The lowest BCUT2D eigenvalue weighted by atomic mass is 10.1. The molecule has 3 rings (SSSR count). The Morgan fingerprint density at radius 2 is 2.00 bits per heavy atom. The first-order valence-corrected chi connectivity index (χ1v) is 8.80. The molecule has 1 aliphatic rings. The van der Waals surface area contributed by atoms with E-state index in [0.29, 0.717) is 25.2 Å². The molecule has 1 aliphatic heterocycles. The number of carboxylic acid groups (broad SMARTS) is 1. The van der Waals surface area contributed by atoms with Crippen molar-refractivity contribution in [2.24, 2.45) is 0 Å². The molecule has 0 aliphatic carbocycles. The monoisotopic (exact) mass is 371 g/mol. The van der Waals surface area contributed by atoms with E-state index in [1.54, 1.807) is 24.0 Å². The Labute approximate surface area is 156 Å². The van der Waals surface area contributed by atoms with Crippen molar-refractivity contribution >= 4 is 29.3 Å². The van der Waals surface area contributed by atoms with Crippen LogP contribution in [0.4, 0.5) is 16.2 Å². The van der Waals surface area contributed by atoms with E-state index in [0.717, 1.165) is 17.7 Å². The lowest BCUT2D eigenvalue weighted by molar-refractivity contribution is 0.0694. The molecule has 142 valence electrons. The van der Waals surface area contributed by atoms with Gasteiger partial charge in [0.1, 0.15) is 11.3 Å². The fourth-order valence-corrected chi connectivity index (χ4v) is 3.09. The molecule has 1 aromatic carbocycles. The van der Waals surface area contributed by atoms with Crippen molar-refractivity contribution in [3.05, 3.63) is 46.9 Å². The van der Waals surface area contributed by atoms with E-state index < -0.39 is 11.9 Å². The fraction of sp³-hybridized carbons (Fsp3) is 0.316. The summed E-state index contributed by atoms with van der Waals surface area (Å²) in [6, 6.07) is 6.40. The van der Waals surface area contributed by atoms with Crippen LogP contribution in [0.25, 0.3) is 0 Å². The predicted octanol–water partition coefficient (Wildman–Crippen LogP) is 2.88. The van der Waals surface area contributed by atoms with Gasteiger partial charge in [0.05, 0.1) is 5.69 Å². The number of aromatic carboxylic acids is 1. The van der Waals surface area contributed by atoms with Crippen molar-refractivity contribution < 1.29 is 23.9 Å². The number of nitrogens with one attached hydrogen (secondary N) is 2. The van der Waals surface area contributed by atoms with Crippen molar-refractivity contribution in [2.75, 3.05) is 23.3 Å². The minimum Gasteiger partial charge on any atom is -0.478 e. The number of furan rings is 1. The summed E-state index contributed by atoms with van der Waals surface area (Å²) >= 11 is 0. The minimum atomic E-state index is -1.13. The van der Waals surface area contributed by atoms with Gasteiger partial charge in [-0.05, 0) is 31.0 Å². The number of carbonyl (C=O) groups is 3. The number of amides is 3. The first-order valence-electron chi connectivity index (χ1n) is 8.80. The third-order valence-electron chi connectivity index (χ3n) is 4.40. The number of carbonyl (C=O) groups excluding carboxylic acids is 2. The van der Waals surface area contributed by atoms with Gasteiger partial charge in [-0.3, -0.25) is 9.69 Å². The maximum atomic E-state index is 12.4. The third-order valence-corrected chi connectivity index (χ3v) is 4.40. The van der Waals surface area contributed by atoms with Gasteiger partial charge in [0, 0.05) is 31.3 Å². The van der Waals surface area contributed by atoms with Gasteiger partial charge in [0.2, 0.25) is 0 Å². The summed E-state index contributed by atoms with van der Waals surface area (Å²) in [6.07, 6.45) is 1.12. The van der Waals surface area contributed by atoms with Crippen LogP contribution < -0.4 is 15.5 Å². The van der Waals surface area contributed by atoms with Crippen LogP contribution >= 0.6 is 0 Å². The topological polar surface area (TPSA) is 112 Å². The van der Waals surface area contributed by atoms with Gasteiger partial charge in [0.15, 0.2) is 5.76 Å². The Morgan fingerprint density at radius 1 is 1.22 bits per heavy atom. The van der Waals surface area contributed by atoms with Crippen molar-refractivity contribution in [1.82, 2.24) is 5.32 Å². The molecule has 0 saturated heterocycles. The molecule has 0 unspecified atom stereocenters. The van der Waals surface area contributed by atoms with Gasteiger partial charge in [-0.1, -0.05) is 13.0 Å². The standard InChI is InChI=1S/C19H21N3O5/c1-3-15-13(18(24)25)10-16(27-15)17(23)21-12-6-5-11-7-8-22(14(11)9-12)19(26)20-4-2/h5-6,9-10H,3-4,7-8H2,1-2H3,(H,20,26)(H,21,23)(H,24,25). The molecule has 0 radical (unpaired) electrons. The van der Waals surface area contributed by atoms with Crippen LogP contribution in [0.2, 0.25) is 0 Å². The number of hydrogen-bond donors (Lipinski definition) is 3. The maximum Gasteiger partial charge on any atom is 0.339 e. The molecule has 3 amide bonds. The predicted molar refractivity (Wildman–Crippen MR) is 99.6 cm³/mol. The molecule has 8 heteroatoms. The average molecular weight is 371 g/mol. The number of hydrogen-bond acceptors (Lipinski definition) is 4. The van der Waals surface area contributed by atoms with E-state index >= 15 is 0 Å². The molecule has 2 aromatic rings. The van der Waals surface area contributed by atoms with Crippen molar-refractivity contribution in [2.45, 2.75) is 26.7 Å². The van der Waals surface area contributed by atoms with Crippen LogP contribution in [-0.2, 0) is 12.8 Å². The highest BCUT2D eigenvalue weighted by molar-refractivity contribution is 6.04. The summed E-state index contributed by atoms with van der Waals surface area (Å²) in [7, 11) is 0. The molecule has 3 N–H and O–H groups in total. The Kier molecular flexibility index (Phi) is 5.16. The number of anilines is 2. The minimum absolute atomic E-state index is 0.0148. The second kappa shape index (κ2) is 7.53. The SMILES string of the molecule is CCNC(=O)N1CCc2ccc(NC(=O)c3cc(C(=O)O)c(CC)o3)cc21. The third kappa shape index (κ3) is 3.64. The highest BCUT2D eigenvalue weighted by Crippen LogP contribution is 2.31. The number of fused-ring (bicyclic) bond motifs is 1. The number of urea groups is 1.